The molecule has 0 bridgehead atoms. The Morgan fingerprint density at radius 2 is 2.19 bits per heavy atom. The number of rotatable bonds is 5. The summed E-state index contributed by atoms with van der Waals surface area (Å²) in [6.45, 7) is 4.57. The summed E-state index contributed by atoms with van der Waals surface area (Å²) in [6.07, 6.45) is 0. The predicted octanol–water partition coefficient (Wildman–Crippen LogP) is 0.498. The smallest absolute Gasteiger partial charge is 0.225 e. The van der Waals surface area contributed by atoms with E-state index in [9.17, 15) is 0 Å². The number of nitrogen functional groups attached to an aromatic ring is 1. The van der Waals surface area contributed by atoms with Gasteiger partial charge in [-0.05, 0) is 0 Å². The zero-order chi connectivity index (χ0) is 12.2. The Labute approximate surface area is 94.9 Å². The van der Waals surface area contributed by atoms with Crippen molar-refractivity contribution in [2.45, 2.75) is 13.8 Å². The Bertz CT molecular complexity index is 355. The molecule has 4 N–H and O–H groups in total. The molecule has 6 nitrogen and oxygen atoms in total. The summed E-state index contributed by atoms with van der Waals surface area (Å²) in [5.41, 5.74) is 5.30. The standard InChI is InChI=1S/C10H18N4O2/c1-10(2,6-15)5-12-7-4-8(16-3)14-9(11)13-7/h4,15H,5-6H2,1-3H3,(H3,11,12,13,14). The lowest BCUT2D eigenvalue weighted by atomic mass is 9.95. The van der Waals surface area contributed by atoms with Crippen molar-refractivity contribution < 1.29 is 9.84 Å². The molecule has 1 rings (SSSR count). The second kappa shape index (κ2) is 4.98. The molecule has 6 heteroatoms. The van der Waals surface area contributed by atoms with Crippen molar-refractivity contribution in [1.29, 1.82) is 0 Å². The van der Waals surface area contributed by atoms with Crippen LogP contribution in [0, 0.1) is 5.41 Å². The molecular formula is C10H18N4O2. The second-order valence-electron chi connectivity index (χ2n) is 4.33. The number of ether oxygens (including phenoxy) is 1. The lowest BCUT2D eigenvalue weighted by molar-refractivity contribution is 0.170. The molecule has 1 heterocycles. The van der Waals surface area contributed by atoms with Gasteiger partial charge in [-0.3, -0.25) is 0 Å². The van der Waals surface area contributed by atoms with E-state index >= 15 is 0 Å². The minimum absolute atomic E-state index is 0.0949. The van der Waals surface area contributed by atoms with Crippen molar-refractivity contribution in [3.8, 4) is 5.88 Å². The van der Waals surface area contributed by atoms with Gasteiger partial charge in [0.05, 0.1) is 7.11 Å². The first-order valence-corrected chi connectivity index (χ1v) is 5.00. The average Bonchev–Trinajstić information content (AvgIpc) is 2.26. The zero-order valence-electron chi connectivity index (χ0n) is 9.82. The number of nitrogens with one attached hydrogen (secondary N) is 1. The van der Waals surface area contributed by atoms with Gasteiger partial charge in [0.25, 0.3) is 0 Å². The fourth-order valence-electron chi connectivity index (χ4n) is 1.02. The highest BCUT2D eigenvalue weighted by Crippen LogP contribution is 2.18. The molecule has 0 spiro atoms. The highest BCUT2D eigenvalue weighted by atomic mass is 16.5. The van der Waals surface area contributed by atoms with E-state index in [4.69, 9.17) is 15.6 Å². The fraction of sp³-hybridized carbons (Fsp3) is 0.600. The second-order valence-corrected chi connectivity index (χ2v) is 4.33. The maximum absolute atomic E-state index is 9.11. The highest BCUT2D eigenvalue weighted by Gasteiger charge is 2.16. The number of aliphatic hydroxyl groups excluding tert-OH is 1. The summed E-state index contributed by atoms with van der Waals surface area (Å²) in [6, 6.07) is 1.66. The number of hydrogen-bond donors (Lipinski definition) is 3. The fourth-order valence-corrected chi connectivity index (χ4v) is 1.02. The van der Waals surface area contributed by atoms with Gasteiger partial charge in [-0.1, -0.05) is 13.8 Å². The third-order valence-electron chi connectivity index (χ3n) is 2.11. The Morgan fingerprint density at radius 1 is 1.50 bits per heavy atom. The number of nitrogens with two attached hydrogens (primary N) is 1. The van der Waals surface area contributed by atoms with E-state index in [-0.39, 0.29) is 18.0 Å². The van der Waals surface area contributed by atoms with Crippen molar-refractivity contribution in [3.05, 3.63) is 6.07 Å². The molecule has 0 atom stereocenters. The van der Waals surface area contributed by atoms with Crippen LogP contribution in [0.2, 0.25) is 0 Å². The zero-order valence-corrected chi connectivity index (χ0v) is 9.82. The molecule has 0 unspecified atom stereocenters. The lowest BCUT2D eigenvalue weighted by Gasteiger charge is -2.22. The minimum Gasteiger partial charge on any atom is -0.481 e. The van der Waals surface area contributed by atoms with Crippen LogP contribution in [0.15, 0.2) is 6.07 Å². The quantitative estimate of drug-likeness (QED) is 0.677. The van der Waals surface area contributed by atoms with Crippen molar-refractivity contribution in [2.24, 2.45) is 5.41 Å². The van der Waals surface area contributed by atoms with Gasteiger partial charge < -0.3 is 20.9 Å². The molecule has 0 saturated carbocycles. The maximum Gasteiger partial charge on any atom is 0.225 e. The van der Waals surface area contributed by atoms with E-state index in [1.54, 1.807) is 6.07 Å². The Balaban J connectivity index is 2.70. The van der Waals surface area contributed by atoms with Crippen LogP contribution >= 0.6 is 0 Å². The predicted molar refractivity (Wildman–Crippen MR) is 62.4 cm³/mol. The van der Waals surface area contributed by atoms with Crippen molar-refractivity contribution in [2.75, 3.05) is 31.3 Å². The van der Waals surface area contributed by atoms with E-state index in [0.717, 1.165) is 0 Å². The summed E-state index contributed by atoms with van der Waals surface area (Å²) < 4.78 is 4.97. The SMILES string of the molecule is COc1cc(NCC(C)(C)CO)nc(N)n1. The van der Waals surface area contributed by atoms with Crippen molar-refractivity contribution in [3.63, 3.8) is 0 Å². The number of aliphatic hydroxyl groups is 1. The average molecular weight is 226 g/mol. The Kier molecular flexibility index (Phi) is 3.89. The Morgan fingerprint density at radius 3 is 2.75 bits per heavy atom. The molecule has 90 valence electrons. The van der Waals surface area contributed by atoms with Crippen molar-refractivity contribution in [1.82, 2.24) is 9.97 Å². The summed E-state index contributed by atoms with van der Waals surface area (Å²) >= 11 is 0. The number of hydrogen-bond acceptors (Lipinski definition) is 6. The first-order chi connectivity index (χ1) is 7.46. The minimum atomic E-state index is -0.215. The van der Waals surface area contributed by atoms with Gasteiger partial charge in [-0.2, -0.15) is 9.97 Å². The van der Waals surface area contributed by atoms with Crippen LogP contribution in [0.1, 0.15) is 13.8 Å². The van der Waals surface area contributed by atoms with Gasteiger partial charge in [0.1, 0.15) is 5.82 Å². The van der Waals surface area contributed by atoms with E-state index in [1.807, 2.05) is 13.8 Å². The molecule has 0 fully saturated rings. The largest absolute Gasteiger partial charge is 0.481 e. The number of nitrogens with zero attached hydrogens (tertiary/aromatic N) is 2. The molecule has 1 aromatic rings. The van der Waals surface area contributed by atoms with E-state index in [1.165, 1.54) is 7.11 Å². The van der Waals surface area contributed by atoms with Crippen LogP contribution < -0.4 is 15.8 Å². The molecule has 0 aromatic carbocycles. The van der Waals surface area contributed by atoms with Crippen LogP contribution in [-0.4, -0.2) is 35.3 Å². The molecule has 0 aliphatic heterocycles. The number of aromatic nitrogens is 2. The van der Waals surface area contributed by atoms with Crippen molar-refractivity contribution >= 4 is 11.8 Å². The summed E-state index contributed by atoms with van der Waals surface area (Å²) in [7, 11) is 1.52. The lowest BCUT2D eigenvalue weighted by Crippen LogP contribution is -2.27. The van der Waals surface area contributed by atoms with Crippen LogP contribution in [-0.2, 0) is 0 Å². The van der Waals surface area contributed by atoms with Gasteiger partial charge in [0.15, 0.2) is 0 Å². The molecule has 0 radical (unpaired) electrons. The van der Waals surface area contributed by atoms with Gasteiger partial charge in [0.2, 0.25) is 11.8 Å². The third kappa shape index (κ3) is 3.54. The summed E-state index contributed by atoms with van der Waals surface area (Å²) in [5, 5.41) is 12.2. The first-order valence-electron chi connectivity index (χ1n) is 5.00. The van der Waals surface area contributed by atoms with Gasteiger partial charge in [0, 0.05) is 24.6 Å². The summed E-state index contributed by atoms with van der Waals surface area (Å²) in [5.74, 6) is 1.16. The van der Waals surface area contributed by atoms with Crippen LogP contribution in [0.25, 0.3) is 0 Å². The van der Waals surface area contributed by atoms with Crippen LogP contribution in [0.5, 0.6) is 5.88 Å². The van der Waals surface area contributed by atoms with E-state index in [0.29, 0.717) is 18.2 Å². The van der Waals surface area contributed by atoms with Crippen LogP contribution in [0.4, 0.5) is 11.8 Å². The van der Waals surface area contributed by atoms with E-state index < -0.39 is 0 Å². The molecule has 0 amide bonds. The Hall–Kier alpha value is -1.56. The molecule has 0 saturated heterocycles. The number of anilines is 2. The molecule has 1 aromatic heterocycles. The van der Waals surface area contributed by atoms with Gasteiger partial charge >= 0.3 is 0 Å². The van der Waals surface area contributed by atoms with Gasteiger partial charge in [-0.15, -0.1) is 0 Å². The van der Waals surface area contributed by atoms with Crippen LogP contribution in [0.3, 0.4) is 0 Å². The maximum atomic E-state index is 9.11. The molecule has 16 heavy (non-hydrogen) atoms. The first kappa shape index (κ1) is 12.5. The van der Waals surface area contributed by atoms with Gasteiger partial charge in [-0.25, -0.2) is 0 Å². The van der Waals surface area contributed by atoms with E-state index in [2.05, 4.69) is 15.3 Å². The third-order valence-corrected chi connectivity index (χ3v) is 2.11. The molecular weight excluding hydrogens is 208 g/mol. The molecule has 0 aliphatic rings. The molecule has 0 aliphatic carbocycles. The summed E-state index contributed by atoms with van der Waals surface area (Å²) in [4.78, 5) is 7.89. The topological polar surface area (TPSA) is 93.3 Å². The monoisotopic (exact) mass is 226 g/mol. The normalized spacial score (nSPS) is 11.2. The highest BCUT2D eigenvalue weighted by molar-refractivity contribution is 5.42. The number of methoxy groups -OCH3 is 1.